The number of carboxylic acids is 1. The van der Waals surface area contributed by atoms with Gasteiger partial charge in [0.1, 0.15) is 6.04 Å². The Labute approximate surface area is 133 Å². The van der Waals surface area contributed by atoms with Crippen LogP contribution >= 0.6 is 15.9 Å². The number of aliphatic carboxylic acids is 1. The largest absolute Gasteiger partial charge is 0.480 e. The molecule has 1 saturated heterocycles. The minimum atomic E-state index is -0.891. The quantitative estimate of drug-likeness (QED) is 0.904. The van der Waals surface area contributed by atoms with Gasteiger partial charge in [0, 0.05) is 11.0 Å². The number of benzene rings is 1. The van der Waals surface area contributed by atoms with E-state index in [-0.39, 0.29) is 12.3 Å². The number of hydrogen-bond acceptors (Lipinski definition) is 2. The van der Waals surface area contributed by atoms with Crippen LogP contribution < -0.4 is 0 Å². The highest BCUT2D eigenvalue weighted by molar-refractivity contribution is 9.10. The van der Waals surface area contributed by atoms with Gasteiger partial charge in [-0.05, 0) is 36.5 Å². The van der Waals surface area contributed by atoms with Crippen molar-refractivity contribution < 1.29 is 14.7 Å². The van der Waals surface area contributed by atoms with Crippen LogP contribution in [0.4, 0.5) is 0 Å². The summed E-state index contributed by atoms with van der Waals surface area (Å²) in [4.78, 5) is 25.4. The normalized spacial score (nSPS) is 22.1. The Kier molecular flexibility index (Phi) is 5.39. The summed E-state index contributed by atoms with van der Waals surface area (Å²) >= 11 is 3.36. The zero-order valence-corrected chi connectivity index (χ0v) is 13.7. The van der Waals surface area contributed by atoms with Crippen LogP contribution in [0, 0.1) is 5.92 Å². The van der Waals surface area contributed by atoms with E-state index < -0.39 is 12.0 Å². The molecule has 4 nitrogen and oxygen atoms in total. The number of carbonyl (C=O) groups excluding carboxylic acids is 1. The second kappa shape index (κ2) is 7.07. The van der Waals surface area contributed by atoms with E-state index in [4.69, 9.17) is 0 Å². The van der Waals surface area contributed by atoms with Crippen molar-refractivity contribution in [3.05, 3.63) is 34.3 Å². The molecular weight excluding hydrogens is 334 g/mol. The number of piperidine rings is 1. The maximum Gasteiger partial charge on any atom is 0.326 e. The third kappa shape index (κ3) is 4.06. The molecule has 0 aliphatic carbocycles. The zero-order chi connectivity index (χ0) is 15.4. The molecule has 0 bridgehead atoms. The molecule has 1 heterocycles. The van der Waals surface area contributed by atoms with Crippen LogP contribution in [0.1, 0.15) is 31.7 Å². The minimum absolute atomic E-state index is 0.0979. The average molecular weight is 354 g/mol. The first-order valence-electron chi connectivity index (χ1n) is 7.28. The number of hydrogen-bond donors (Lipinski definition) is 1. The third-order valence-electron chi connectivity index (χ3n) is 4.16. The van der Waals surface area contributed by atoms with Gasteiger partial charge in [-0.2, -0.15) is 0 Å². The molecule has 5 heteroatoms. The Bertz CT molecular complexity index is 515. The first-order chi connectivity index (χ1) is 10.0. The number of rotatable bonds is 4. The van der Waals surface area contributed by atoms with E-state index in [1.54, 1.807) is 0 Å². The molecule has 1 aromatic carbocycles. The van der Waals surface area contributed by atoms with E-state index >= 15 is 0 Å². The van der Waals surface area contributed by atoms with Crippen molar-refractivity contribution in [2.45, 2.75) is 38.6 Å². The lowest BCUT2D eigenvalue weighted by Gasteiger charge is -2.37. The highest BCUT2D eigenvalue weighted by atomic mass is 79.9. The molecule has 0 spiro atoms. The van der Waals surface area contributed by atoms with E-state index in [1.807, 2.05) is 24.3 Å². The van der Waals surface area contributed by atoms with Crippen LogP contribution in [0.2, 0.25) is 0 Å². The molecule has 21 heavy (non-hydrogen) atoms. The van der Waals surface area contributed by atoms with Crippen molar-refractivity contribution in [3.8, 4) is 0 Å². The lowest BCUT2D eigenvalue weighted by atomic mass is 9.88. The maximum absolute atomic E-state index is 12.4. The monoisotopic (exact) mass is 353 g/mol. The summed E-state index contributed by atoms with van der Waals surface area (Å²) in [5.41, 5.74) is 0.907. The van der Waals surface area contributed by atoms with Gasteiger partial charge >= 0.3 is 5.97 Å². The summed E-state index contributed by atoms with van der Waals surface area (Å²) in [6.07, 6.45) is 2.69. The van der Waals surface area contributed by atoms with Crippen molar-refractivity contribution in [2.75, 3.05) is 6.54 Å². The van der Waals surface area contributed by atoms with E-state index in [0.717, 1.165) is 22.9 Å². The molecule has 2 atom stereocenters. The smallest absolute Gasteiger partial charge is 0.326 e. The minimum Gasteiger partial charge on any atom is -0.480 e. The summed E-state index contributed by atoms with van der Waals surface area (Å²) in [7, 11) is 0. The second-order valence-electron chi connectivity index (χ2n) is 5.54. The fraction of sp³-hybridized carbons (Fsp3) is 0.500. The average Bonchev–Trinajstić information content (AvgIpc) is 2.48. The van der Waals surface area contributed by atoms with Gasteiger partial charge in [-0.3, -0.25) is 4.79 Å². The molecule has 1 amide bonds. The lowest BCUT2D eigenvalue weighted by molar-refractivity contribution is -0.152. The van der Waals surface area contributed by atoms with Crippen molar-refractivity contribution in [1.82, 2.24) is 4.90 Å². The molecule has 114 valence electrons. The van der Waals surface area contributed by atoms with Gasteiger partial charge in [-0.25, -0.2) is 4.79 Å². The second-order valence-corrected chi connectivity index (χ2v) is 6.46. The number of amides is 1. The van der Waals surface area contributed by atoms with Crippen LogP contribution in [-0.2, 0) is 16.0 Å². The van der Waals surface area contributed by atoms with Crippen molar-refractivity contribution in [2.24, 2.45) is 5.92 Å². The van der Waals surface area contributed by atoms with Gasteiger partial charge < -0.3 is 10.0 Å². The summed E-state index contributed by atoms with van der Waals surface area (Å²) in [6.45, 7) is 2.62. The number of halogens is 1. The molecule has 0 saturated carbocycles. The Morgan fingerprint density at radius 3 is 2.57 bits per heavy atom. The molecular formula is C16H20BrNO3. The molecule has 0 radical (unpaired) electrons. The van der Waals surface area contributed by atoms with Crippen molar-refractivity contribution in [1.29, 1.82) is 0 Å². The highest BCUT2D eigenvalue weighted by Crippen LogP contribution is 2.26. The van der Waals surface area contributed by atoms with Gasteiger partial charge in [0.2, 0.25) is 5.91 Å². The van der Waals surface area contributed by atoms with Crippen LogP contribution in [0.25, 0.3) is 0 Å². The Morgan fingerprint density at radius 2 is 2.00 bits per heavy atom. The first-order valence-corrected chi connectivity index (χ1v) is 8.07. The maximum atomic E-state index is 12.4. The Hall–Kier alpha value is -1.36. The number of carboxylic acid groups (broad SMARTS) is 1. The summed E-state index contributed by atoms with van der Waals surface area (Å²) < 4.78 is 0.964. The number of likely N-dealkylation sites (tertiary alicyclic amines) is 1. The van der Waals surface area contributed by atoms with Gasteiger partial charge in [-0.1, -0.05) is 41.4 Å². The molecule has 1 fully saturated rings. The fourth-order valence-corrected chi connectivity index (χ4v) is 3.08. The molecule has 0 aromatic heterocycles. The van der Waals surface area contributed by atoms with Crippen LogP contribution in [-0.4, -0.2) is 34.5 Å². The van der Waals surface area contributed by atoms with Crippen LogP contribution in [0.3, 0.4) is 0 Å². The molecule has 1 aliphatic heterocycles. The molecule has 2 rings (SSSR count). The van der Waals surface area contributed by atoms with Gasteiger partial charge in [0.15, 0.2) is 0 Å². The highest BCUT2D eigenvalue weighted by Gasteiger charge is 2.35. The van der Waals surface area contributed by atoms with Gasteiger partial charge in [-0.15, -0.1) is 0 Å². The van der Waals surface area contributed by atoms with E-state index in [2.05, 4.69) is 22.9 Å². The number of carbonyl (C=O) groups is 2. The fourth-order valence-electron chi connectivity index (χ4n) is 2.82. The van der Waals surface area contributed by atoms with Crippen LogP contribution in [0.5, 0.6) is 0 Å². The standard InChI is InChI=1S/C16H20BrNO3/c1-2-11-7-8-18(14(9-11)16(20)21)15(19)10-12-3-5-13(17)6-4-12/h3-6,11,14H,2,7-10H2,1H3,(H,20,21). The molecule has 1 aliphatic rings. The van der Waals surface area contributed by atoms with Crippen molar-refractivity contribution >= 4 is 27.8 Å². The van der Waals surface area contributed by atoms with E-state index in [1.165, 1.54) is 4.90 Å². The summed E-state index contributed by atoms with van der Waals surface area (Å²) in [5, 5.41) is 9.37. The van der Waals surface area contributed by atoms with Crippen molar-refractivity contribution in [3.63, 3.8) is 0 Å². The summed E-state index contributed by atoms with van der Waals surface area (Å²) in [6, 6.07) is 6.88. The van der Waals surface area contributed by atoms with Crippen LogP contribution in [0.15, 0.2) is 28.7 Å². The SMILES string of the molecule is CCC1CCN(C(=O)Cc2ccc(Br)cc2)C(C(=O)O)C1. The molecule has 1 N–H and O–H groups in total. The molecule has 2 unspecified atom stereocenters. The molecule has 1 aromatic rings. The van der Waals surface area contributed by atoms with E-state index in [9.17, 15) is 14.7 Å². The predicted molar refractivity (Wildman–Crippen MR) is 84.0 cm³/mol. The Balaban J connectivity index is 2.06. The zero-order valence-electron chi connectivity index (χ0n) is 12.1. The Morgan fingerprint density at radius 1 is 1.33 bits per heavy atom. The lowest BCUT2D eigenvalue weighted by Crippen LogP contribution is -2.50. The summed E-state index contributed by atoms with van der Waals surface area (Å²) in [5.74, 6) is -0.584. The predicted octanol–water partition coefficient (Wildman–Crippen LogP) is 3.09. The topological polar surface area (TPSA) is 57.6 Å². The van der Waals surface area contributed by atoms with E-state index in [0.29, 0.717) is 18.9 Å². The van der Waals surface area contributed by atoms with Gasteiger partial charge in [0.25, 0.3) is 0 Å². The number of nitrogens with zero attached hydrogens (tertiary/aromatic N) is 1. The third-order valence-corrected chi connectivity index (χ3v) is 4.69. The first kappa shape index (κ1) is 16.0. The van der Waals surface area contributed by atoms with Gasteiger partial charge in [0.05, 0.1) is 6.42 Å².